The lowest BCUT2D eigenvalue weighted by Gasteiger charge is -2.24. The van der Waals surface area contributed by atoms with Crippen molar-refractivity contribution < 1.29 is 4.79 Å². The summed E-state index contributed by atoms with van der Waals surface area (Å²) in [4.78, 5) is 12.4. The van der Waals surface area contributed by atoms with Crippen molar-refractivity contribution in [2.24, 2.45) is 5.92 Å². The first-order chi connectivity index (χ1) is 8.74. The third-order valence-corrected chi connectivity index (χ3v) is 4.52. The van der Waals surface area contributed by atoms with Gasteiger partial charge in [0.15, 0.2) is 5.78 Å². The molecule has 1 aliphatic heterocycles. The van der Waals surface area contributed by atoms with Crippen LogP contribution in [-0.4, -0.2) is 17.9 Å². The summed E-state index contributed by atoms with van der Waals surface area (Å²) in [5.41, 5.74) is 2.07. The number of carbonyl (C=O) groups excluding carboxylic acids is 1. The van der Waals surface area contributed by atoms with Crippen molar-refractivity contribution in [2.75, 3.05) is 0 Å². The molecule has 0 amide bonds. The smallest absolute Gasteiger partial charge is 0.179 e. The first kappa shape index (κ1) is 11.9. The van der Waals surface area contributed by atoms with Crippen molar-refractivity contribution >= 4 is 5.78 Å². The molecule has 1 aromatic carbocycles. The minimum Gasteiger partial charge on any atom is -0.304 e. The Bertz CT molecular complexity index is 423. The SMILES string of the molecule is Cc1ccc(C(=O)C2CC3CCCCC3N2)cc1. The predicted molar refractivity (Wildman–Crippen MR) is 72.8 cm³/mol. The Hall–Kier alpha value is -1.15. The molecular formula is C16H21NO. The molecule has 3 atom stereocenters. The molecule has 18 heavy (non-hydrogen) atoms. The van der Waals surface area contributed by atoms with Gasteiger partial charge in [-0.3, -0.25) is 4.79 Å². The van der Waals surface area contributed by atoms with Crippen molar-refractivity contribution in [1.29, 1.82) is 0 Å². The van der Waals surface area contributed by atoms with Crippen molar-refractivity contribution in [3.05, 3.63) is 35.4 Å². The highest BCUT2D eigenvalue weighted by Gasteiger charge is 2.38. The van der Waals surface area contributed by atoms with Crippen LogP contribution in [-0.2, 0) is 0 Å². The summed E-state index contributed by atoms with van der Waals surface area (Å²) in [5.74, 6) is 1.02. The monoisotopic (exact) mass is 243 g/mol. The molecule has 1 aromatic rings. The molecule has 3 unspecified atom stereocenters. The fourth-order valence-electron chi connectivity index (χ4n) is 3.44. The summed E-state index contributed by atoms with van der Waals surface area (Å²) in [7, 11) is 0. The Morgan fingerprint density at radius 1 is 1.17 bits per heavy atom. The molecule has 3 rings (SSSR count). The van der Waals surface area contributed by atoms with E-state index in [9.17, 15) is 4.79 Å². The van der Waals surface area contributed by atoms with Gasteiger partial charge < -0.3 is 5.32 Å². The van der Waals surface area contributed by atoms with Crippen LogP contribution in [0.3, 0.4) is 0 Å². The standard InChI is InChI=1S/C16H21NO/c1-11-6-8-12(9-7-11)16(18)15-10-13-4-2-3-5-14(13)17-15/h6-9,13-15,17H,2-5,10H2,1H3. The van der Waals surface area contributed by atoms with Gasteiger partial charge in [0, 0.05) is 11.6 Å². The molecule has 96 valence electrons. The van der Waals surface area contributed by atoms with Gasteiger partial charge in [-0.2, -0.15) is 0 Å². The summed E-state index contributed by atoms with van der Waals surface area (Å²) < 4.78 is 0. The van der Waals surface area contributed by atoms with E-state index >= 15 is 0 Å². The number of aryl methyl sites for hydroxylation is 1. The number of Topliss-reactive ketones (excluding diaryl/α,β-unsaturated/α-hetero) is 1. The summed E-state index contributed by atoms with van der Waals surface area (Å²) in [5, 5.41) is 3.56. The molecule has 1 saturated carbocycles. The number of rotatable bonds is 2. The van der Waals surface area contributed by atoms with E-state index in [0.29, 0.717) is 6.04 Å². The number of carbonyl (C=O) groups is 1. The number of ketones is 1. The Morgan fingerprint density at radius 2 is 1.89 bits per heavy atom. The fourth-order valence-corrected chi connectivity index (χ4v) is 3.44. The summed E-state index contributed by atoms with van der Waals surface area (Å²) in [6, 6.07) is 8.62. The molecule has 2 fully saturated rings. The van der Waals surface area contributed by atoms with Gasteiger partial charge in [-0.1, -0.05) is 42.7 Å². The van der Waals surface area contributed by atoms with Crippen LogP contribution < -0.4 is 5.32 Å². The lowest BCUT2D eigenvalue weighted by Crippen LogP contribution is -2.37. The van der Waals surface area contributed by atoms with E-state index in [0.717, 1.165) is 17.9 Å². The second-order valence-corrected chi connectivity index (χ2v) is 5.84. The van der Waals surface area contributed by atoms with Crippen LogP contribution in [0.25, 0.3) is 0 Å². The van der Waals surface area contributed by atoms with Crippen LogP contribution in [0.5, 0.6) is 0 Å². The van der Waals surface area contributed by atoms with Gasteiger partial charge >= 0.3 is 0 Å². The van der Waals surface area contributed by atoms with Crippen LogP contribution in [0, 0.1) is 12.8 Å². The predicted octanol–water partition coefficient (Wildman–Crippen LogP) is 3.10. The lowest BCUT2D eigenvalue weighted by molar-refractivity contribution is 0.0949. The molecule has 0 spiro atoms. The number of fused-ring (bicyclic) bond motifs is 1. The zero-order chi connectivity index (χ0) is 12.5. The largest absolute Gasteiger partial charge is 0.304 e. The van der Waals surface area contributed by atoms with Crippen molar-refractivity contribution in [2.45, 2.75) is 51.1 Å². The maximum absolute atomic E-state index is 12.4. The van der Waals surface area contributed by atoms with Crippen molar-refractivity contribution in [1.82, 2.24) is 5.32 Å². The normalized spacial score (nSPS) is 31.1. The van der Waals surface area contributed by atoms with Gasteiger partial charge in [-0.15, -0.1) is 0 Å². The maximum atomic E-state index is 12.4. The van der Waals surface area contributed by atoms with E-state index in [4.69, 9.17) is 0 Å². The van der Waals surface area contributed by atoms with E-state index < -0.39 is 0 Å². The average molecular weight is 243 g/mol. The molecule has 0 aromatic heterocycles. The minimum atomic E-state index is 0.0563. The van der Waals surface area contributed by atoms with E-state index in [1.165, 1.54) is 31.2 Å². The summed E-state index contributed by atoms with van der Waals surface area (Å²) in [6.45, 7) is 2.05. The van der Waals surface area contributed by atoms with Crippen molar-refractivity contribution in [3.63, 3.8) is 0 Å². The van der Waals surface area contributed by atoms with Crippen molar-refractivity contribution in [3.8, 4) is 0 Å². The average Bonchev–Trinajstić information content (AvgIpc) is 2.82. The highest BCUT2D eigenvalue weighted by atomic mass is 16.1. The highest BCUT2D eigenvalue weighted by Crippen LogP contribution is 2.34. The third-order valence-electron chi connectivity index (χ3n) is 4.52. The molecule has 2 aliphatic rings. The van der Waals surface area contributed by atoms with Gasteiger partial charge in [0.2, 0.25) is 0 Å². The lowest BCUT2D eigenvalue weighted by atomic mass is 9.84. The van der Waals surface area contributed by atoms with Gasteiger partial charge in [-0.05, 0) is 32.1 Å². The van der Waals surface area contributed by atoms with Gasteiger partial charge in [0.1, 0.15) is 0 Å². The molecule has 0 bridgehead atoms. The first-order valence-electron chi connectivity index (χ1n) is 7.11. The second-order valence-electron chi connectivity index (χ2n) is 5.84. The molecule has 1 aliphatic carbocycles. The molecule has 0 radical (unpaired) electrons. The maximum Gasteiger partial charge on any atom is 0.179 e. The van der Waals surface area contributed by atoms with Gasteiger partial charge in [-0.25, -0.2) is 0 Å². The number of hydrogen-bond donors (Lipinski definition) is 1. The Morgan fingerprint density at radius 3 is 2.61 bits per heavy atom. The zero-order valence-electron chi connectivity index (χ0n) is 11.0. The topological polar surface area (TPSA) is 29.1 Å². The molecule has 1 saturated heterocycles. The van der Waals surface area contributed by atoms with Crippen LogP contribution in [0.4, 0.5) is 0 Å². The molecule has 1 heterocycles. The first-order valence-corrected chi connectivity index (χ1v) is 7.11. The Kier molecular flexibility index (Phi) is 3.21. The van der Waals surface area contributed by atoms with E-state index in [1.807, 2.05) is 24.3 Å². The summed E-state index contributed by atoms with van der Waals surface area (Å²) in [6.07, 6.45) is 6.25. The quantitative estimate of drug-likeness (QED) is 0.809. The van der Waals surface area contributed by atoms with Crippen LogP contribution in [0.2, 0.25) is 0 Å². The van der Waals surface area contributed by atoms with Gasteiger partial charge in [0.05, 0.1) is 6.04 Å². The minimum absolute atomic E-state index is 0.0563. The molecule has 1 N–H and O–H groups in total. The summed E-state index contributed by atoms with van der Waals surface area (Å²) >= 11 is 0. The Labute approximate surface area is 109 Å². The number of hydrogen-bond acceptors (Lipinski definition) is 2. The number of nitrogens with one attached hydrogen (secondary N) is 1. The Balaban J connectivity index is 1.72. The van der Waals surface area contributed by atoms with Crippen LogP contribution >= 0.6 is 0 Å². The van der Waals surface area contributed by atoms with Gasteiger partial charge in [0.25, 0.3) is 0 Å². The molecular weight excluding hydrogens is 222 g/mol. The number of benzene rings is 1. The third kappa shape index (κ3) is 2.22. The van der Waals surface area contributed by atoms with Crippen LogP contribution in [0.1, 0.15) is 48.0 Å². The molecule has 2 nitrogen and oxygen atoms in total. The van der Waals surface area contributed by atoms with E-state index in [-0.39, 0.29) is 11.8 Å². The molecule has 2 heteroatoms. The fraction of sp³-hybridized carbons (Fsp3) is 0.562. The second kappa shape index (κ2) is 4.85. The highest BCUT2D eigenvalue weighted by molar-refractivity contribution is 6.00. The van der Waals surface area contributed by atoms with E-state index in [1.54, 1.807) is 0 Å². The van der Waals surface area contributed by atoms with E-state index in [2.05, 4.69) is 12.2 Å². The van der Waals surface area contributed by atoms with Crippen LogP contribution in [0.15, 0.2) is 24.3 Å². The zero-order valence-corrected chi connectivity index (χ0v) is 11.0.